The first kappa shape index (κ1) is 10.8. The summed E-state index contributed by atoms with van der Waals surface area (Å²) in [6, 6.07) is 0. The quantitative estimate of drug-likeness (QED) is 0.625. The first-order chi connectivity index (χ1) is 6.67. The molecule has 0 saturated heterocycles. The zero-order valence-corrected chi connectivity index (χ0v) is 9.24. The van der Waals surface area contributed by atoms with Gasteiger partial charge in [0.05, 0.1) is 0 Å². The summed E-state index contributed by atoms with van der Waals surface area (Å²) in [5.41, 5.74) is 0.912. The highest BCUT2D eigenvalue weighted by atomic mass is 16.3. The van der Waals surface area contributed by atoms with Crippen LogP contribution in [0.25, 0.3) is 12.2 Å². The van der Waals surface area contributed by atoms with E-state index < -0.39 is 0 Å². The Hall–Kier alpha value is -1.31. The molecule has 0 bridgehead atoms. The predicted molar refractivity (Wildman–Crippen MR) is 59.0 cm³/mol. The van der Waals surface area contributed by atoms with Crippen molar-refractivity contribution in [2.75, 3.05) is 0 Å². The van der Waals surface area contributed by atoms with E-state index in [1.54, 1.807) is 0 Å². The van der Waals surface area contributed by atoms with Crippen LogP contribution in [0.1, 0.15) is 27.7 Å². The molecule has 1 aliphatic carbocycles. The first-order valence-corrected chi connectivity index (χ1v) is 4.99. The summed E-state index contributed by atoms with van der Waals surface area (Å²) in [6.45, 7) is 8.28. The summed E-state index contributed by atoms with van der Waals surface area (Å²) >= 11 is 0. The van der Waals surface area contributed by atoms with Crippen molar-refractivity contribution in [2.45, 2.75) is 27.7 Å². The van der Waals surface area contributed by atoms with E-state index in [-0.39, 0.29) is 5.41 Å². The van der Waals surface area contributed by atoms with Gasteiger partial charge in [-0.15, -0.1) is 0 Å². The van der Waals surface area contributed by atoms with E-state index >= 15 is 0 Å². The van der Waals surface area contributed by atoms with Gasteiger partial charge in [-0.2, -0.15) is 0 Å². The Morgan fingerprint density at radius 3 is 2.71 bits per heavy atom. The second-order valence-electron chi connectivity index (χ2n) is 3.59. The molecule has 0 aliphatic heterocycles. The van der Waals surface area contributed by atoms with E-state index in [2.05, 4.69) is 31.0 Å². The van der Waals surface area contributed by atoms with Crippen LogP contribution in [-0.4, -0.2) is 4.98 Å². The highest BCUT2D eigenvalue weighted by Crippen LogP contribution is 2.18. The first-order valence-electron chi connectivity index (χ1n) is 4.99. The normalized spacial score (nSPS) is 16.6. The topological polar surface area (TPSA) is 26.0 Å². The van der Waals surface area contributed by atoms with Gasteiger partial charge in [0.2, 0.25) is 0 Å². The number of nitrogens with zero attached hydrogens (tertiary/aromatic N) is 1. The summed E-state index contributed by atoms with van der Waals surface area (Å²) in [7, 11) is 0. The number of allylic oxidation sites excluding steroid dienone is 2. The van der Waals surface area contributed by atoms with Crippen molar-refractivity contribution in [2.24, 2.45) is 5.41 Å². The SMILES string of the molecule is CC.CC1(C)C=CC=c2ocnc2=C1. The number of hydrogen-bond donors (Lipinski definition) is 0. The second kappa shape index (κ2) is 4.27. The van der Waals surface area contributed by atoms with Gasteiger partial charge in [0.15, 0.2) is 11.8 Å². The Balaban J connectivity index is 0.000000461. The van der Waals surface area contributed by atoms with E-state index in [0.29, 0.717) is 0 Å². The minimum absolute atomic E-state index is 0.0681. The average molecular weight is 191 g/mol. The van der Waals surface area contributed by atoms with Crippen molar-refractivity contribution in [3.8, 4) is 0 Å². The van der Waals surface area contributed by atoms with Crippen LogP contribution in [0.5, 0.6) is 0 Å². The molecule has 0 amide bonds. The summed E-state index contributed by atoms with van der Waals surface area (Å²) in [6.07, 6.45) is 9.66. The number of rotatable bonds is 0. The molecule has 0 spiro atoms. The van der Waals surface area contributed by atoms with Gasteiger partial charge in [-0.1, -0.05) is 39.8 Å². The molecule has 0 atom stereocenters. The van der Waals surface area contributed by atoms with E-state index in [1.165, 1.54) is 6.39 Å². The minimum atomic E-state index is 0.0681. The predicted octanol–water partition coefficient (Wildman–Crippen LogP) is 1.86. The van der Waals surface area contributed by atoms with Crippen molar-refractivity contribution in [1.82, 2.24) is 4.98 Å². The van der Waals surface area contributed by atoms with Gasteiger partial charge in [-0.3, -0.25) is 0 Å². The molecule has 1 aliphatic rings. The molecular formula is C12H17NO. The van der Waals surface area contributed by atoms with E-state index in [0.717, 1.165) is 10.8 Å². The molecule has 1 aromatic heterocycles. The molecule has 76 valence electrons. The maximum atomic E-state index is 5.18. The molecule has 0 radical (unpaired) electrons. The Bertz CT molecular complexity index is 423. The number of hydrogen-bond acceptors (Lipinski definition) is 2. The van der Waals surface area contributed by atoms with Gasteiger partial charge in [0, 0.05) is 5.41 Å². The molecule has 0 aromatic carbocycles. The average Bonchev–Trinajstić information content (AvgIpc) is 2.50. The second-order valence-corrected chi connectivity index (χ2v) is 3.59. The van der Waals surface area contributed by atoms with Crippen molar-refractivity contribution in [1.29, 1.82) is 0 Å². The molecule has 2 rings (SSSR count). The fourth-order valence-corrected chi connectivity index (χ4v) is 1.28. The maximum absolute atomic E-state index is 5.18. The Morgan fingerprint density at radius 1 is 1.29 bits per heavy atom. The van der Waals surface area contributed by atoms with Crippen molar-refractivity contribution in [3.63, 3.8) is 0 Å². The monoisotopic (exact) mass is 191 g/mol. The highest BCUT2D eigenvalue weighted by Gasteiger charge is 2.11. The molecule has 1 heterocycles. The number of aromatic nitrogens is 1. The van der Waals surface area contributed by atoms with Crippen LogP contribution in [0.15, 0.2) is 23.0 Å². The minimum Gasteiger partial charge on any atom is -0.443 e. The lowest BCUT2D eigenvalue weighted by atomic mass is 9.93. The molecular weight excluding hydrogens is 174 g/mol. The van der Waals surface area contributed by atoms with Crippen LogP contribution >= 0.6 is 0 Å². The Morgan fingerprint density at radius 2 is 2.00 bits per heavy atom. The van der Waals surface area contributed by atoms with Crippen molar-refractivity contribution >= 4 is 12.2 Å². The highest BCUT2D eigenvalue weighted by molar-refractivity contribution is 5.44. The van der Waals surface area contributed by atoms with Crippen LogP contribution in [0.4, 0.5) is 0 Å². The number of oxazole rings is 1. The van der Waals surface area contributed by atoms with Crippen LogP contribution in [0.2, 0.25) is 0 Å². The van der Waals surface area contributed by atoms with Gasteiger partial charge >= 0.3 is 0 Å². The van der Waals surface area contributed by atoms with E-state index in [1.807, 2.05) is 26.0 Å². The standard InChI is InChI=1S/C10H11NO.C2H6/c1-10(2)5-3-4-9-8(6-10)11-7-12-9;1-2/h3-7H,1-2H3;1-2H3. The van der Waals surface area contributed by atoms with Gasteiger partial charge in [0.25, 0.3) is 0 Å². The third kappa shape index (κ3) is 2.34. The molecule has 2 nitrogen and oxygen atoms in total. The molecule has 2 heteroatoms. The molecule has 1 aromatic rings. The fraction of sp³-hybridized carbons (Fsp3) is 0.417. The zero-order valence-electron chi connectivity index (χ0n) is 9.24. The van der Waals surface area contributed by atoms with Crippen molar-refractivity contribution < 1.29 is 4.42 Å². The maximum Gasteiger partial charge on any atom is 0.181 e. The lowest BCUT2D eigenvalue weighted by molar-refractivity contribution is 0.524. The Kier molecular flexibility index (Phi) is 3.28. The van der Waals surface area contributed by atoms with Gasteiger partial charge in [-0.05, 0) is 12.2 Å². The third-order valence-corrected chi connectivity index (χ3v) is 1.91. The van der Waals surface area contributed by atoms with Crippen LogP contribution in [-0.2, 0) is 0 Å². The Labute approximate surface area is 84.7 Å². The van der Waals surface area contributed by atoms with Crippen LogP contribution < -0.4 is 10.8 Å². The van der Waals surface area contributed by atoms with Gasteiger partial charge < -0.3 is 4.42 Å². The molecule has 0 fully saturated rings. The van der Waals surface area contributed by atoms with Gasteiger partial charge in [0.1, 0.15) is 5.35 Å². The number of fused-ring (bicyclic) bond motifs is 1. The lowest BCUT2D eigenvalue weighted by Gasteiger charge is -2.11. The lowest BCUT2D eigenvalue weighted by Crippen LogP contribution is -2.23. The fourth-order valence-electron chi connectivity index (χ4n) is 1.28. The molecule has 0 unspecified atom stereocenters. The largest absolute Gasteiger partial charge is 0.443 e. The summed E-state index contributed by atoms with van der Waals surface area (Å²) in [5.74, 6) is 0. The summed E-state index contributed by atoms with van der Waals surface area (Å²) in [5, 5.41) is 0.935. The molecule has 0 saturated carbocycles. The van der Waals surface area contributed by atoms with E-state index in [4.69, 9.17) is 4.42 Å². The van der Waals surface area contributed by atoms with Crippen LogP contribution in [0, 0.1) is 5.41 Å². The molecule has 0 N–H and O–H groups in total. The van der Waals surface area contributed by atoms with Gasteiger partial charge in [-0.25, -0.2) is 4.98 Å². The van der Waals surface area contributed by atoms with Crippen molar-refractivity contribution in [3.05, 3.63) is 29.3 Å². The summed E-state index contributed by atoms with van der Waals surface area (Å²) in [4.78, 5) is 4.12. The van der Waals surface area contributed by atoms with Crippen LogP contribution in [0.3, 0.4) is 0 Å². The summed E-state index contributed by atoms with van der Waals surface area (Å²) < 4.78 is 5.18. The molecule has 14 heavy (non-hydrogen) atoms. The third-order valence-electron chi connectivity index (χ3n) is 1.91. The van der Waals surface area contributed by atoms with E-state index in [9.17, 15) is 0 Å². The zero-order chi connectivity index (χ0) is 10.6. The smallest absolute Gasteiger partial charge is 0.181 e.